The fraction of sp³-hybridized carbons (Fsp3) is 0.656. The SMILES string of the molecule is CC(C)(C)OC(=O)N(C[C@@H]1CCNC1=O)NC(=O)[C@@H]1[C@@H]2[C@H](CN1C(=O)C(NC(=O)OCc1ccccc1)C(C)(C)C)C2(C)C. The predicted molar refractivity (Wildman–Crippen MR) is 161 cm³/mol. The van der Waals surface area contributed by atoms with Gasteiger partial charge >= 0.3 is 12.2 Å². The summed E-state index contributed by atoms with van der Waals surface area (Å²) in [7, 11) is 0. The lowest BCUT2D eigenvalue weighted by molar-refractivity contribution is -0.145. The Labute approximate surface area is 259 Å². The summed E-state index contributed by atoms with van der Waals surface area (Å²) in [5.41, 5.74) is 1.78. The van der Waals surface area contributed by atoms with Gasteiger partial charge in [0.1, 0.15) is 24.3 Å². The van der Waals surface area contributed by atoms with Crippen LogP contribution in [-0.2, 0) is 30.5 Å². The molecule has 0 radical (unpaired) electrons. The van der Waals surface area contributed by atoms with Crippen molar-refractivity contribution >= 4 is 29.9 Å². The van der Waals surface area contributed by atoms with E-state index in [2.05, 4.69) is 29.9 Å². The molecule has 242 valence electrons. The Bertz CT molecular complexity index is 1270. The highest BCUT2D eigenvalue weighted by molar-refractivity contribution is 5.94. The van der Waals surface area contributed by atoms with Gasteiger partial charge in [0.25, 0.3) is 5.91 Å². The summed E-state index contributed by atoms with van der Waals surface area (Å²) in [6.07, 6.45) is -1.01. The van der Waals surface area contributed by atoms with Gasteiger partial charge in [-0.3, -0.25) is 19.8 Å². The molecular weight excluding hydrogens is 566 g/mol. The topological polar surface area (TPSA) is 146 Å². The largest absolute Gasteiger partial charge is 0.445 e. The maximum atomic E-state index is 14.1. The summed E-state index contributed by atoms with van der Waals surface area (Å²) in [6.45, 7) is 15.5. The molecule has 1 aliphatic carbocycles. The molecule has 3 fully saturated rings. The zero-order valence-electron chi connectivity index (χ0n) is 27.1. The third-order valence-corrected chi connectivity index (χ3v) is 8.77. The van der Waals surface area contributed by atoms with Crippen LogP contribution in [0.2, 0.25) is 0 Å². The van der Waals surface area contributed by atoms with Crippen LogP contribution in [0.25, 0.3) is 0 Å². The van der Waals surface area contributed by atoms with Crippen molar-refractivity contribution < 1.29 is 33.4 Å². The number of benzene rings is 1. The maximum absolute atomic E-state index is 14.1. The minimum atomic E-state index is -0.981. The van der Waals surface area contributed by atoms with E-state index in [9.17, 15) is 24.0 Å². The van der Waals surface area contributed by atoms with Crippen LogP contribution in [0.4, 0.5) is 9.59 Å². The molecule has 5 atom stereocenters. The van der Waals surface area contributed by atoms with Crippen molar-refractivity contribution in [3.63, 3.8) is 0 Å². The monoisotopic (exact) mass is 613 g/mol. The van der Waals surface area contributed by atoms with Crippen molar-refractivity contribution in [1.29, 1.82) is 0 Å². The zero-order valence-corrected chi connectivity index (χ0v) is 27.1. The minimum Gasteiger partial charge on any atom is -0.445 e. The first-order valence-corrected chi connectivity index (χ1v) is 15.3. The number of hydrogen-bond acceptors (Lipinski definition) is 7. The predicted octanol–water partition coefficient (Wildman–Crippen LogP) is 3.21. The van der Waals surface area contributed by atoms with Gasteiger partial charge in [-0.25, -0.2) is 14.6 Å². The average Bonchev–Trinajstić information content (AvgIpc) is 3.26. The molecule has 2 saturated heterocycles. The molecule has 1 aromatic rings. The van der Waals surface area contributed by atoms with E-state index in [1.807, 2.05) is 51.1 Å². The van der Waals surface area contributed by atoms with Crippen LogP contribution in [0.1, 0.15) is 67.4 Å². The van der Waals surface area contributed by atoms with Gasteiger partial charge < -0.3 is 25.0 Å². The first-order valence-electron chi connectivity index (χ1n) is 15.3. The molecule has 12 heteroatoms. The lowest BCUT2D eigenvalue weighted by atomic mass is 9.85. The van der Waals surface area contributed by atoms with Crippen molar-refractivity contribution in [2.24, 2.45) is 28.6 Å². The number of fused-ring (bicyclic) bond motifs is 1. The second kappa shape index (κ2) is 12.3. The Morgan fingerprint density at radius 3 is 2.32 bits per heavy atom. The molecule has 12 nitrogen and oxygen atoms in total. The number of likely N-dealkylation sites (tertiary alicyclic amines) is 1. The minimum absolute atomic E-state index is 0.0460. The van der Waals surface area contributed by atoms with E-state index < -0.39 is 53.0 Å². The normalized spacial score (nSPS) is 24.5. The van der Waals surface area contributed by atoms with Gasteiger partial charge in [-0.15, -0.1) is 0 Å². The number of rotatable bonds is 7. The first-order chi connectivity index (χ1) is 20.4. The number of amides is 5. The van der Waals surface area contributed by atoms with E-state index >= 15 is 0 Å². The number of carbonyl (C=O) groups excluding carboxylic acids is 5. The van der Waals surface area contributed by atoms with Crippen LogP contribution in [0.5, 0.6) is 0 Å². The quantitative estimate of drug-likeness (QED) is 0.400. The molecule has 2 aliphatic heterocycles. The molecular formula is C32H47N5O7. The molecule has 44 heavy (non-hydrogen) atoms. The van der Waals surface area contributed by atoms with E-state index in [0.717, 1.165) is 10.6 Å². The Morgan fingerprint density at radius 2 is 1.75 bits per heavy atom. The van der Waals surface area contributed by atoms with Crippen LogP contribution >= 0.6 is 0 Å². The van der Waals surface area contributed by atoms with Gasteiger partial charge in [-0.2, -0.15) is 0 Å². The number of alkyl carbamates (subject to hydrolysis) is 1. The fourth-order valence-corrected chi connectivity index (χ4v) is 6.23. The molecule has 1 unspecified atom stereocenters. The number of piperidine rings is 1. The van der Waals surface area contributed by atoms with E-state index in [0.29, 0.717) is 19.5 Å². The Morgan fingerprint density at radius 1 is 1.09 bits per heavy atom. The molecule has 0 spiro atoms. The van der Waals surface area contributed by atoms with Gasteiger partial charge in [-0.1, -0.05) is 65.0 Å². The lowest BCUT2D eigenvalue weighted by Gasteiger charge is -2.38. The van der Waals surface area contributed by atoms with Crippen molar-refractivity contribution in [3.05, 3.63) is 35.9 Å². The molecule has 0 aromatic heterocycles. The van der Waals surface area contributed by atoms with Crippen LogP contribution in [-0.4, -0.2) is 77.1 Å². The highest BCUT2D eigenvalue weighted by Crippen LogP contribution is 2.65. The number of hydrazine groups is 1. The van der Waals surface area contributed by atoms with E-state index in [4.69, 9.17) is 9.47 Å². The summed E-state index contributed by atoms with van der Waals surface area (Å²) < 4.78 is 10.9. The average molecular weight is 614 g/mol. The number of nitrogens with one attached hydrogen (secondary N) is 3. The summed E-state index contributed by atoms with van der Waals surface area (Å²) in [5.74, 6) is -1.73. The number of hydrogen-bond donors (Lipinski definition) is 3. The van der Waals surface area contributed by atoms with Crippen molar-refractivity contribution in [3.8, 4) is 0 Å². The summed E-state index contributed by atoms with van der Waals surface area (Å²) in [4.78, 5) is 68.0. The number of carbonyl (C=O) groups is 5. The van der Waals surface area contributed by atoms with Gasteiger partial charge in [-0.05, 0) is 55.4 Å². The van der Waals surface area contributed by atoms with E-state index in [1.165, 1.54) is 4.90 Å². The Hall–Kier alpha value is -3.83. The smallest absolute Gasteiger partial charge is 0.429 e. The molecule has 1 aromatic carbocycles. The Balaban J connectivity index is 1.53. The first kappa shape index (κ1) is 33.1. The third kappa shape index (κ3) is 7.44. The molecule has 4 rings (SSSR count). The van der Waals surface area contributed by atoms with E-state index in [-0.39, 0.29) is 36.3 Å². The molecule has 5 amide bonds. The second-order valence-electron chi connectivity index (χ2n) is 14.7. The number of nitrogens with zero attached hydrogens (tertiary/aromatic N) is 2. The van der Waals surface area contributed by atoms with Crippen molar-refractivity contribution in [1.82, 2.24) is 26.0 Å². The molecule has 3 N–H and O–H groups in total. The van der Waals surface area contributed by atoms with Crippen LogP contribution in [0, 0.1) is 28.6 Å². The van der Waals surface area contributed by atoms with E-state index in [1.54, 1.807) is 20.8 Å². The summed E-state index contributed by atoms with van der Waals surface area (Å²) >= 11 is 0. The summed E-state index contributed by atoms with van der Waals surface area (Å²) in [6, 6.07) is 7.35. The Kier molecular flexibility index (Phi) is 9.23. The fourth-order valence-electron chi connectivity index (χ4n) is 6.23. The second-order valence-corrected chi connectivity index (χ2v) is 14.7. The summed E-state index contributed by atoms with van der Waals surface area (Å²) in [5, 5.41) is 6.54. The van der Waals surface area contributed by atoms with Crippen LogP contribution < -0.4 is 16.1 Å². The van der Waals surface area contributed by atoms with Gasteiger partial charge in [0.05, 0.1) is 12.5 Å². The van der Waals surface area contributed by atoms with Gasteiger partial charge in [0.15, 0.2) is 0 Å². The maximum Gasteiger partial charge on any atom is 0.429 e. The highest BCUT2D eigenvalue weighted by Gasteiger charge is 2.70. The number of ether oxygens (including phenoxy) is 2. The van der Waals surface area contributed by atoms with Crippen LogP contribution in [0.15, 0.2) is 30.3 Å². The standard InChI is InChI=1S/C32H47N5O7/c1-30(2,3)24(34-28(41)43-18-19-12-10-9-11-13-19)27(40)36-17-21-22(32(21,7)8)23(36)26(39)35-37(29(42)44-31(4,5)6)16-20-14-15-33-25(20)38/h9-13,20-24H,14-18H2,1-8H3,(H,33,38)(H,34,41)(H,35,39)/t20-,21-,22-,23-,24?/m0/s1. The van der Waals surface area contributed by atoms with Crippen LogP contribution in [0.3, 0.4) is 0 Å². The van der Waals surface area contributed by atoms with Gasteiger partial charge in [0, 0.05) is 13.1 Å². The lowest BCUT2D eigenvalue weighted by Crippen LogP contribution is -2.61. The van der Waals surface area contributed by atoms with Gasteiger partial charge in [0.2, 0.25) is 11.8 Å². The third-order valence-electron chi connectivity index (χ3n) is 8.77. The highest BCUT2D eigenvalue weighted by atomic mass is 16.6. The molecule has 1 saturated carbocycles. The molecule has 0 bridgehead atoms. The molecule has 3 aliphatic rings. The van der Waals surface area contributed by atoms with Crippen molar-refractivity contribution in [2.45, 2.75) is 86.1 Å². The molecule has 2 heterocycles. The zero-order chi connectivity index (χ0) is 32.6. The van der Waals surface area contributed by atoms with Crippen molar-refractivity contribution in [2.75, 3.05) is 19.6 Å².